The molecule has 0 aliphatic heterocycles. The van der Waals surface area contributed by atoms with Crippen LogP contribution in [0.4, 0.5) is 0 Å². The number of rotatable bonds is 8. The summed E-state index contributed by atoms with van der Waals surface area (Å²) in [6.45, 7) is 1.76. The van der Waals surface area contributed by atoms with E-state index < -0.39 is 11.8 Å². The molecular formula is C15H18O4. The minimum absolute atomic E-state index is 0.146. The number of ketones is 2. The first-order chi connectivity index (χ1) is 9.13. The van der Waals surface area contributed by atoms with Crippen molar-refractivity contribution in [2.24, 2.45) is 0 Å². The van der Waals surface area contributed by atoms with Crippen LogP contribution in [0.3, 0.4) is 0 Å². The van der Waals surface area contributed by atoms with Crippen molar-refractivity contribution in [2.45, 2.75) is 32.6 Å². The SMILES string of the molecule is CCOC(=O)C(=O)CC(=O)CCCc1ccccc1. The monoisotopic (exact) mass is 262 g/mol. The molecule has 19 heavy (non-hydrogen) atoms. The molecule has 0 unspecified atom stereocenters. The summed E-state index contributed by atoms with van der Waals surface area (Å²) in [7, 11) is 0. The van der Waals surface area contributed by atoms with E-state index in [0.29, 0.717) is 12.8 Å². The van der Waals surface area contributed by atoms with Crippen LogP contribution in [0, 0.1) is 0 Å². The minimum Gasteiger partial charge on any atom is -0.460 e. The molecule has 1 aromatic carbocycles. The van der Waals surface area contributed by atoms with Gasteiger partial charge in [0.25, 0.3) is 0 Å². The predicted octanol–water partition coefficient (Wildman–Crippen LogP) is 2.10. The van der Waals surface area contributed by atoms with Gasteiger partial charge in [-0.3, -0.25) is 9.59 Å². The van der Waals surface area contributed by atoms with Crippen molar-refractivity contribution in [3.8, 4) is 0 Å². The van der Waals surface area contributed by atoms with Crippen molar-refractivity contribution in [3.63, 3.8) is 0 Å². The molecule has 0 saturated heterocycles. The first-order valence-corrected chi connectivity index (χ1v) is 6.39. The van der Waals surface area contributed by atoms with Gasteiger partial charge in [-0.15, -0.1) is 0 Å². The third kappa shape index (κ3) is 5.95. The van der Waals surface area contributed by atoms with E-state index in [4.69, 9.17) is 0 Å². The van der Waals surface area contributed by atoms with Gasteiger partial charge in [0.15, 0.2) is 0 Å². The summed E-state index contributed by atoms with van der Waals surface area (Å²) in [5.74, 6) is -1.89. The highest BCUT2D eigenvalue weighted by molar-refractivity contribution is 6.37. The smallest absolute Gasteiger partial charge is 0.375 e. The van der Waals surface area contributed by atoms with E-state index in [1.807, 2.05) is 30.3 Å². The van der Waals surface area contributed by atoms with Crippen molar-refractivity contribution < 1.29 is 19.1 Å². The average Bonchev–Trinajstić information content (AvgIpc) is 2.40. The lowest BCUT2D eigenvalue weighted by molar-refractivity contribution is -0.154. The third-order valence-corrected chi connectivity index (χ3v) is 2.62. The van der Waals surface area contributed by atoms with Crippen molar-refractivity contribution in [2.75, 3.05) is 6.61 Å². The molecular weight excluding hydrogens is 244 g/mol. The van der Waals surface area contributed by atoms with E-state index in [1.54, 1.807) is 6.92 Å². The molecule has 1 rings (SSSR count). The van der Waals surface area contributed by atoms with Crippen LogP contribution in [0.15, 0.2) is 30.3 Å². The largest absolute Gasteiger partial charge is 0.460 e. The maximum absolute atomic E-state index is 11.5. The topological polar surface area (TPSA) is 60.4 Å². The Bertz CT molecular complexity index is 437. The fourth-order valence-corrected chi connectivity index (χ4v) is 1.69. The summed E-state index contributed by atoms with van der Waals surface area (Å²) in [6, 6.07) is 9.82. The number of hydrogen-bond donors (Lipinski definition) is 0. The number of carbonyl (C=O) groups excluding carboxylic acids is 3. The van der Waals surface area contributed by atoms with Gasteiger partial charge in [-0.1, -0.05) is 30.3 Å². The molecule has 0 aromatic heterocycles. The lowest BCUT2D eigenvalue weighted by Gasteiger charge is -2.02. The first-order valence-electron chi connectivity index (χ1n) is 6.39. The Morgan fingerprint density at radius 2 is 1.79 bits per heavy atom. The summed E-state index contributed by atoms with van der Waals surface area (Å²) in [4.78, 5) is 33.9. The van der Waals surface area contributed by atoms with Crippen LogP contribution in [-0.4, -0.2) is 24.1 Å². The quantitative estimate of drug-likeness (QED) is 0.409. The molecule has 4 nitrogen and oxygen atoms in total. The van der Waals surface area contributed by atoms with Gasteiger partial charge in [0.1, 0.15) is 5.78 Å². The number of benzene rings is 1. The number of esters is 1. The Labute approximate surface area is 112 Å². The van der Waals surface area contributed by atoms with E-state index >= 15 is 0 Å². The van der Waals surface area contributed by atoms with E-state index in [0.717, 1.165) is 12.0 Å². The second-order valence-electron chi connectivity index (χ2n) is 4.20. The molecule has 0 aliphatic rings. The summed E-state index contributed by atoms with van der Waals surface area (Å²) in [6.07, 6.45) is 1.42. The van der Waals surface area contributed by atoms with E-state index in [9.17, 15) is 14.4 Å². The molecule has 0 N–H and O–H groups in total. The number of Topliss-reactive ketones (excluding diaryl/α,β-unsaturated/α-hetero) is 2. The molecule has 102 valence electrons. The fourth-order valence-electron chi connectivity index (χ4n) is 1.69. The zero-order chi connectivity index (χ0) is 14.1. The van der Waals surface area contributed by atoms with Crippen molar-refractivity contribution in [3.05, 3.63) is 35.9 Å². The molecule has 0 aliphatic carbocycles. The van der Waals surface area contributed by atoms with Gasteiger partial charge < -0.3 is 4.74 Å². The molecule has 0 heterocycles. The zero-order valence-corrected chi connectivity index (χ0v) is 11.1. The lowest BCUT2D eigenvalue weighted by Crippen LogP contribution is -2.20. The van der Waals surface area contributed by atoms with Gasteiger partial charge in [0.2, 0.25) is 5.78 Å². The summed E-state index contributed by atoms with van der Waals surface area (Å²) >= 11 is 0. The van der Waals surface area contributed by atoms with Gasteiger partial charge in [-0.25, -0.2) is 4.79 Å². The van der Waals surface area contributed by atoms with Crippen LogP contribution in [-0.2, 0) is 25.5 Å². The Balaban J connectivity index is 2.25. The van der Waals surface area contributed by atoms with Gasteiger partial charge in [-0.2, -0.15) is 0 Å². The van der Waals surface area contributed by atoms with Crippen LogP contribution in [0.1, 0.15) is 31.7 Å². The van der Waals surface area contributed by atoms with Crippen molar-refractivity contribution in [1.29, 1.82) is 0 Å². The van der Waals surface area contributed by atoms with Crippen molar-refractivity contribution in [1.82, 2.24) is 0 Å². The van der Waals surface area contributed by atoms with Crippen LogP contribution >= 0.6 is 0 Å². The minimum atomic E-state index is -0.918. The predicted molar refractivity (Wildman–Crippen MR) is 70.6 cm³/mol. The third-order valence-electron chi connectivity index (χ3n) is 2.62. The van der Waals surface area contributed by atoms with Crippen LogP contribution in [0.5, 0.6) is 0 Å². The number of ether oxygens (including phenoxy) is 1. The summed E-state index contributed by atoms with van der Waals surface area (Å²) < 4.78 is 4.54. The van der Waals surface area contributed by atoms with E-state index in [1.165, 1.54) is 0 Å². The molecule has 0 spiro atoms. The maximum Gasteiger partial charge on any atom is 0.375 e. The van der Waals surface area contributed by atoms with Gasteiger partial charge >= 0.3 is 5.97 Å². The number of carbonyl (C=O) groups is 3. The molecule has 4 heteroatoms. The molecule has 0 radical (unpaired) electrons. The molecule has 0 saturated carbocycles. The second kappa shape index (κ2) is 8.19. The zero-order valence-electron chi connectivity index (χ0n) is 11.1. The first kappa shape index (κ1) is 15.1. The summed E-state index contributed by atoms with van der Waals surface area (Å²) in [5, 5.41) is 0. The Hall–Kier alpha value is -1.97. The van der Waals surface area contributed by atoms with Gasteiger partial charge in [0.05, 0.1) is 13.0 Å². The van der Waals surface area contributed by atoms with Crippen LogP contribution in [0.25, 0.3) is 0 Å². The molecule has 0 bridgehead atoms. The normalized spacial score (nSPS) is 9.95. The Morgan fingerprint density at radius 3 is 2.42 bits per heavy atom. The standard InChI is InChI=1S/C15H18O4/c1-2-19-15(18)14(17)11-13(16)10-6-9-12-7-4-3-5-8-12/h3-5,7-8H,2,6,9-11H2,1H3. The average molecular weight is 262 g/mol. The maximum atomic E-state index is 11.5. The number of hydrogen-bond acceptors (Lipinski definition) is 4. The Morgan fingerprint density at radius 1 is 1.11 bits per heavy atom. The van der Waals surface area contributed by atoms with Crippen molar-refractivity contribution >= 4 is 17.5 Å². The van der Waals surface area contributed by atoms with E-state index in [-0.39, 0.29) is 18.8 Å². The molecule has 1 aromatic rings. The van der Waals surface area contributed by atoms with Gasteiger partial charge in [0, 0.05) is 6.42 Å². The lowest BCUT2D eigenvalue weighted by atomic mass is 10.0. The van der Waals surface area contributed by atoms with Crippen LogP contribution < -0.4 is 0 Å². The van der Waals surface area contributed by atoms with Gasteiger partial charge in [-0.05, 0) is 25.3 Å². The summed E-state index contributed by atoms with van der Waals surface area (Å²) in [5.41, 5.74) is 1.16. The van der Waals surface area contributed by atoms with Crippen LogP contribution in [0.2, 0.25) is 0 Å². The Kier molecular flexibility index (Phi) is 6.50. The number of aryl methyl sites for hydroxylation is 1. The highest BCUT2D eigenvalue weighted by Crippen LogP contribution is 2.06. The van der Waals surface area contributed by atoms with E-state index in [2.05, 4.69) is 4.74 Å². The molecule has 0 fully saturated rings. The molecule has 0 amide bonds. The fraction of sp³-hybridized carbons (Fsp3) is 0.400. The highest BCUT2D eigenvalue weighted by Gasteiger charge is 2.18. The highest BCUT2D eigenvalue weighted by atomic mass is 16.5. The second-order valence-corrected chi connectivity index (χ2v) is 4.20. The molecule has 0 atom stereocenters.